The van der Waals surface area contributed by atoms with Crippen molar-refractivity contribution in [1.82, 2.24) is 4.57 Å². The normalized spacial score (nSPS) is 12.9. The molecule has 2 heterocycles. The number of aromatic nitrogens is 1. The van der Waals surface area contributed by atoms with Crippen LogP contribution in [0.3, 0.4) is 0 Å². The van der Waals surface area contributed by atoms with Crippen LogP contribution in [0.5, 0.6) is 5.75 Å². The first-order valence-corrected chi connectivity index (χ1v) is 9.23. The highest BCUT2D eigenvalue weighted by Crippen LogP contribution is 2.32. The van der Waals surface area contributed by atoms with E-state index in [0.29, 0.717) is 46.4 Å². The Balaban J connectivity index is 1.75. The van der Waals surface area contributed by atoms with Crippen LogP contribution >= 0.6 is 11.6 Å². The number of hydrogen-bond acceptors (Lipinski definition) is 3. The third kappa shape index (κ3) is 3.08. The Kier molecular flexibility index (Phi) is 4.40. The molecule has 0 bridgehead atoms. The Morgan fingerprint density at radius 1 is 1.19 bits per heavy atom. The van der Waals surface area contributed by atoms with Gasteiger partial charge in [-0.15, -0.1) is 0 Å². The second-order valence-corrected chi connectivity index (χ2v) is 7.32. The van der Waals surface area contributed by atoms with Crippen LogP contribution in [0.2, 0.25) is 5.02 Å². The third-order valence-electron chi connectivity index (χ3n) is 4.80. The number of halogens is 1. The van der Waals surface area contributed by atoms with Crippen LogP contribution in [0.25, 0.3) is 10.9 Å². The van der Waals surface area contributed by atoms with Crippen molar-refractivity contribution in [3.05, 3.63) is 69.0 Å². The molecule has 4 rings (SSSR count). The van der Waals surface area contributed by atoms with Crippen molar-refractivity contribution in [2.45, 2.75) is 26.3 Å². The summed E-state index contributed by atoms with van der Waals surface area (Å²) in [7, 11) is 0. The van der Waals surface area contributed by atoms with Crippen LogP contribution in [0.4, 0.5) is 5.69 Å². The summed E-state index contributed by atoms with van der Waals surface area (Å²) in [5.41, 5.74) is 2.14. The summed E-state index contributed by atoms with van der Waals surface area (Å²) >= 11 is 6.27. The first-order valence-electron chi connectivity index (χ1n) is 8.85. The van der Waals surface area contributed by atoms with Crippen LogP contribution in [0.1, 0.15) is 35.7 Å². The Hall–Kier alpha value is -2.79. The Labute approximate surface area is 161 Å². The van der Waals surface area contributed by atoms with E-state index in [2.05, 4.69) is 19.2 Å². The number of ether oxygens (including phenoxy) is 1. The fraction of sp³-hybridized carbons (Fsp3) is 0.238. The quantitative estimate of drug-likeness (QED) is 0.729. The van der Waals surface area contributed by atoms with Gasteiger partial charge in [-0.25, -0.2) is 0 Å². The topological polar surface area (TPSA) is 60.3 Å². The van der Waals surface area contributed by atoms with Crippen molar-refractivity contribution >= 4 is 34.1 Å². The first-order chi connectivity index (χ1) is 13.0. The maximum Gasteiger partial charge on any atom is 0.261 e. The van der Waals surface area contributed by atoms with Crippen LogP contribution in [-0.2, 0) is 6.54 Å². The number of rotatable bonds is 3. The molecule has 6 heteroatoms. The van der Waals surface area contributed by atoms with Crippen molar-refractivity contribution in [2.24, 2.45) is 0 Å². The highest BCUT2D eigenvalue weighted by molar-refractivity contribution is 6.35. The number of nitrogens with one attached hydrogen (secondary N) is 1. The lowest BCUT2D eigenvalue weighted by molar-refractivity contribution is 0.102. The van der Waals surface area contributed by atoms with Crippen LogP contribution in [0.15, 0.2) is 47.4 Å². The van der Waals surface area contributed by atoms with Gasteiger partial charge < -0.3 is 14.6 Å². The van der Waals surface area contributed by atoms with E-state index in [0.717, 1.165) is 0 Å². The maximum atomic E-state index is 13.0. The number of pyridine rings is 1. The molecule has 5 nitrogen and oxygen atoms in total. The van der Waals surface area contributed by atoms with Crippen molar-refractivity contribution in [3.63, 3.8) is 0 Å². The molecule has 3 aromatic rings. The monoisotopic (exact) mass is 382 g/mol. The van der Waals surface area contributed by atoms with E-state index < -0.39 is 11.3 Å². The maximum absolute atomic E-state index is 13.0. The zero-order chi connectivity index (χ0) is 19.1. The minimum absolute atomic E-state index is 0.0661. The van der Waals surface area contributed by atoms with Gasteiger partial charge in [0.25, 0.3) is 5.91 Å². The van der Waals surface area contributed by atoms with Crippen LogP contribution in [-0.4, -0.2) is 17.1 Å². The number of hydrogen-bond donors (Lipinski definition) is 1. The molecule has 0 aliphatic carbocycles. The summed E-state index contributed by atoms with van der Waals surface area (Å²) in [4.78, 5) is 25.7. The van der Waals surface area contributed by atoms with E-state index in [1.165, 1.54) is 5.56 Å². The molecule has 1 aliphatic rings. The summed E-state index contributed by atoms with van der Waals surface area (Å²) in [6, 6.07) is 11.0. The molecule has 0 fully saturated rings. The minimum Gasteiger partial charge on any atom is -0.490 e. The molecule has 1 aromatic heterocycles. The van der Waals surface area contributed by atoms with Gasteiger partial charge in [-0.05, 0) is 35.7 Å². The summed E-state index contributed by atoms with van der Waals surface area (Å²) in [5, 5.41) is 3.44. The lowest BCUT2D eigenvalue weighted by atomic mass is 10.0. The number of carbonyl (C=O) groups is 1. The first kappa shape index (κ1) is 17.6. The Bertz CT molecular complexity index is 1100. The molecular formula is C21H19ClN2O3. The number of benzene rings is 2. The van der Waals surface area contributed by atoms with Gasteiger partial charge in [0.1, 0.15) is 17.9 Å². The zero-order valence-electron chi connectivity index (χ0n) is 15.1. The van der Waals surface area contributed by atoms with E-state index in [9.17, 15) is 9.59 Å². The largest absolute Gasteiger partial charge is 0.490 e. The van der Waals surface area contributed by atoms with Gasteiger partial charge in [0.05, 0.1) is 22.5 Å². The summed E-state index contributed by atoms with van der Waals surface area (Å²) in [6.45, 7) is 5.24. The second-order valence-electron chi connectivity index (χ2n) is 6.91. The molecule has 0 saturated heterocycles. The molecule has 1 N–H and O–H groups in total. The van der Waals surface area contributed by atoms with Crippen molar-refractivity contribution < 1.29 is 9.53 Å². The summed E-state index contributed by atoms with van der Waals surface area (Å²) in [5.74, 6) is 0.566. The smallest absolute Gasteiger partial charge is 0.261 e. The lowest BCUT2D eigenvalue weighted by Gasteiger charge is -2.22. The van der Waals surface area contributed by atoms with E-state index >= 15 is 0 Å². The summed E-state index contributed by atoms with van der Waals surface area (Å²) in [6.07, 6.45) is 1.59. The molecule has 0 radical (unpaired) electrons. The zero-order valence-corrected chi connectivity index (χ0v) is 15.8. The standard InChI is InChI=1S/C21H19ClN2O3/c1-12(2)13-3-5-14(6-4-13)23-21(26)15-11-24-9-10-27-17-8-7-16(22)18(19(17)24)20(15)25/h3-8,11-12H,9-10H2,1-2H3,(H,23,26). The molecule has 1 amide bonds. The van der Waals surface area contributed by atoms with Gasteiger partial charge in [0.2, 0.25) is 5.43 Å². The average molecular weight is 383 g/mol. The molecule has 2 aromatic carbocycles. The number of anilines is 1. The molecule has 1 aliphatic heterocycles. The van der Waals surface area contributed by atoms with E-state index in [1.807, 2.05) is 28.8 Å². The summed E-state index contributed by atoms with van der Waals surface area (Å²) < 4.78 is 7.47. The molecule has 0 atom stereocenters. The second kappa shape index (κ2) is 6.74. The van der Waals surface area contributed by atoms with Crippen molar-refractivity contribution in [1.29, 1.82) is 0 Å². The lowest BCUT2D eigenvalue weighted by Crippen LogP contribution is -2.26. The number of amides is 1. The van der Waals surface area contributed by atoms with E-state index in [4.69, 9.17) is 16.3 Å². The molecular weight excluding hydrogens is 364 g/mol. The predicted octanol–water partition coefficient (Wildman–Crippen LogP) is 4.42. The van der Waals surface area contributed by atoms with Crippen molar-refractivity contribution in [3.8, 4) is 5.75 Å². The predicted molar refractivity (Wildman–Crippen MR) is 107 cm³/mol. The van der Waals surface area contributed by atoms with Crippen LogP contribution in [0, 0.1) is 0 Å². The highest BCUT2D eigenvalue weighted by Gasteiger charge is 2.22. The Morgan fingerprint density at radius 2 is 1.93 bits per heavy atom. The van der Waals surface area contributed by atoms with Gasteiger partial charge >= 0.3 is 0 Å². The fourth-order valence-electron chi connectivity index (χ4n) is 3.32. The van der Waals surface area contributed by atoms with Crippen molar-refractivity contribution in [2.75, 3.05) is 11.9 Å². The van der Waals surface area contributed by atoms with E-state index in [1.54, 1.807) is 18.3 Å². The fourth-order valence-corrected chi connectivity index (χ4v) is 3.56. The SMILES string of the molecule is CC(C)c1ccc(NC(=O)c2cn3c4c(ccc(Cl)c4c2=O)OCC3)cc1. The van der Waals surface area contributed by atoms with E-state index in [-0.39, 0.29) is 5.56 Å². The minimum atomic E-state index is -0.448. The number of nitrogens with zero attached hydrogens (tertiary/aromatic N) is 1. The van der Waals surface area contributed by atoms with Gasteiger partial charge in [-0.2, -0.15) is 0 Å². The molecule has 0 spiro atoms. The molecule has 0 saturated carbocycles. The molecule has 0 unspecified atom stereocenters. The molecule has 138 valence electrons. The molecule has 27 heavy (non-hydrogen) atoms. The van der Waals surface area contributed by atoms with Gasteiger partial charge in [-0.3, -0.25) is 9.59 Å². The highest BCUT2D eigenvalue weighted by atomic mass is 35.5. The average Bonchev–Trinajstić information content (AvgIpc) is 2.66. The van der Waals surface area contributed by atoms with Gasteiger partial charge in [-0.1, -0.05) is 37.6 Å². The third-order valence-corrected chi connectivity index (χ3v) is 5.12. The van der Waals surface area contributed by atoms with Gasteiger partial charge in [0.15, 0.2) is 0 Å². The Morgan fingerprint density at radius 3 is 2.63 bits per heavy atom. The number of carbonyl (C=O) groups excluding carboxylic acids is 1. The van der Waals surface area contributed by atoms with Gasteiger partial charge in [0, 0.05) is 11.9 Å². The van der Waals surface area contributed by atoms with Crippen LogP contribution < -0.4 is 15.5 Å².